The Balaban J connectivity index is 2.27. The van der Waals surface area contributed by atoms with E-state index < -0.39 is 4.92 Å². The number of hydrogen-bond donors (Lipinski definition) is 1. The Kier molecular flexibility index (Phi) is 5.49. The van der Waals surface area contributed by atoms with Gasteiger partial charge in [-0.15, -0.1) is 0 Å². The Bertz CT molecular complexity index is 554. The molecule has 1 aliphatic heterocycles. The second-order valence-corrected chi connectivity index (χ2v) is 5.79. The van der Waals surface area contributed by atoms with Crippen LogP contribution in [-0.4, -0.2) is 41.4 Å². The summed E-state index contributed by atoms with van der Waals surface area (Å²) in [4.78, 5) is 25.3. The number of nitrogens with zero attached hydrogens (tertiary/aromatic N) is 2. The lowest BCUT2D eigenvalue weighted by Crippen LogP contribution is -2.46. The molecule has 0 aromatic heterocycles. The van der Waals surface area contributed by atoms with Crippen molar-refractivity contribution in [3.8, 4) is 0 Å². The van der Waals surface area contributed by atoms with Gasteiger partial charge in [0, 0.05) is 30.3 Å². The standard InChI is InChI=1S/C16H23N3O3/c1-3-8-18(14-4-6-17-7-5-14)16(20)13-9-12(2)10-15(11-13)19(21)22/h9-11,14,17H,3-8H2,1-2H3. The zero-order valence-electron chi connectivity index (χ0n) is 13.2. The van der Waals surface area contributed by atoms with Crippen molar-refractivity contribution >= 4 is 11.6 Å². The van der Waals surface area contributed by atoms with Gasteiger partial charge in [-0.05, 0) is 50.9 Å². The predicted octanol–water partition coefficient (Wildman–Crippen LogP) is 2.51. The lowest BCUT2D eigenvalue weighted by molar-refractivity contribution is -0.384. The van der Waals surface area contributed by atoms with Gasteiger partial charge in [-0.3, -0.25) is 14.9 Å². The Hall–Kier alpha value is -1.95. The molecule has 1 aliphatic rings. The fourth-order valence-corrected chi connectivity index (χ4v) is 2.97. The van der Waals surface area contributed by atoms with Crippen LogP contribution in [0.15, 0.2) is 18.2 Å². The highest BCUT2D eigenvalue weighted by Gasteiger charge is 2.26. The summed E-state index contributed by atoms with van der Waals surface area (Å²) in [5.74, 6) is -0.0967. The van der Waals surface area contributed by atoms with Crippen molar-refractivity contribution in [2.45, 2.75) is 39.2 Å². The molecule has 1 N–H and O–H groups in total. The van der Waals surface area contributed by atoms with Crippen LogP contribution in [0.25, 0.3) is 0 Å². The molecular formula is C16H23N3O3. The lowest BCUT2D eigenvalue weighted by Gasteiger charge is -2.34. The number of nitrogens with one attached hydrogen (secondary N) is 1. The molecule has 1 aromatic rings. The molecule has 0 saturated carbocycles. The van der Waals surface area contributed by atoms with Crippen LogP contribution in [0.4, 0.5) is 5.69 Å². The summed E-state index contributed by atoms with van der Waals surface area (Å²) < 4.78 is 0. The number of amides is 1. The molecule has 120 valence electrons. The highest BCUT2D eigenvalue weighted by atomic mass is 16.6. The predicted molar refractivity (Wildman–Crippen MR) is 85.1 cm³/mol. The van der Waals surface area contributed by atoms with Gasteiger partial charge in [0.2, 0.25) is 0 Å². The van der Waals surface area contributed by atoms with Crippen molar-refractivity contribution in [1.82, 2.24) is 10.2 Å². The first-order valence-corrected chi connectivity index (χ1v) is 7.80. The minimum atomic E-state index is -0.446. The molecule has 0 atom stereocenters. The lowest BCUT2D eigenvalue weighted by atomic mass is 10.0. The van der Waals surface area contributed by atoms with Gasteiger partial charge >= 0.3 is 0 Å². The van der Waals surface area contributed by atoms with Crippen LogP contribution < -0.4 is 5.32 Å². The Morgan fingerprint density at radius 1 is 1.36 bits per heavy atom. The summed E-state index contributed by atoms with van der Waals surface area (Å²) in [6, 6.07) is 4.83. The fourth-order valence-electron chi connectivity index (χ4n) is 2.97. The van der Waals surface area contributed by atoms with Crippen LogP contribution in [0.3, 0.4) is 0 Å². The van der Waals surface area contributed by atoms with E-state index in [0.717, 1.165) is 37.9 Å². The van der Waals surface area contributed by atoms with E-state index in [4.69, 9.17) is 0 Å². The van der Waals surface area contributed by atoms with E-state index in [0.29, 0.717) is 12.1 Å². The van der Waals surface area contributed by atoms with Crippen molar-refractivity contribution in [2.24, 2.45) is 0 Å². The molecule has 0 unspecified atom stereocenters. The summed E-state index contributed by atoms with van der Waals surface area (Å²) in [6.07, 6.45) is 2.74. The van der Waals surface area contributed by atoms with Gasteiger partial charge in [-0.25, -0.2) is 0 Å². The number of nitro benzene ring substituents is 1. The molecule has 0 aliphatic carbocycles. The van der Waals surface area contributed by atoms with E-state index >= 15 is 0 Å². The fraction of sp³-hybridized carbons (Fsp3) is 0.562. The zero-order chi connectivity index (χ0) is 16.1. The summed E-state index contributed by atoms with van der Waals surface area (Å²) in [5.41, 5.74) is 1.13. The number of non-ortho nitro benzene ring substituents is 1. The average Bonchev–Trinajstić information content (AvgIpc) is 2.52. The topological polar surface area (TPSA) is 75.5 Å². The van der Waals surface area contributed by atoms with Crippen LogP contribution in [0.5, 0.6) is 0 Å². The molecule has 2 rings (SSSR count). The van der Waals surface area contributed by atoms with E-state index in [1.165, 1.54) is 12.1 Å². The third-order valence-electron chi connectivity index (χ3n) is 3.99. The highest BCUT2D eigenvalue weighted by molar-refractivity contribution is 5.95. The number of nitro groups is 1. The van der Waals surface area contributed by atoms with E-state index in [1.807, 2.05) is 11.8 Å². The van der Waals surface area contributed by atoms with Crippen LogP contribution in [0.2, 0.25) is 0 Å². The number of carbonyl (C=O) groups excluding carboxylic acids is 1. The molecular weight excluding hydrogens is 282 g/mol. The molecule has 1 aromatic carbocycles. The second-order valence-electron chi connectivity index (χ2n) is 5.79. The van der Waals surface area contributed by atoms with Crippen LogP contribution in [0, 0.1) is 17.0 Å². The molecule has 1 fully saturated rings. The van der Waals surface area contributed by atoms with Crippen LogP contribution in [0.1, 0.15) is 42.1 Å². The largest absolute Gasteiger partial charge is 0.336 e. The molecule has 22 heavy (non-hydrogen) atoms. The average molecular weight is 305 g/mol. The first-order chi connectivity index (χ1) is 10.5. The third-order valence-corrected chi connectivity index (χ3v) is 3.99. The maximum atomic E-state index is 12.8. The molecule has 0 bridgehead atoms. The van der Waals surface area contributed by atoms with Gasteiger partial charge in [0.05, 0.1) is 4.92 Å². The molecule has 0 spiro atoms. The van der Waals surface area contributed by atoms with Gasteiger partial charge in [-0.2, -0.15) is 0 Å². The monoisotopic (exact) mass is 305 g/mol. The smallest absolute Gasteiger partial charge is 0.270 e. The van der Waals surface area contributed by atoms with Crippen molar-refractivity contribution in [3.05, 3.63) is 39.4 Å². The number of hydrogen-bond acceptors (Lipinski definition) is 4. The maximum Gasteiger partial charge on any atom is 0.270 e. The minimum absolute atomic E-state index is 0.0230. The number of benzene rings is 1. The Labute approximate surface area is 130 Å². The van der Waals surface area contributed by atoms with E-state index in [1.54, 1.807) is 13.0 Å². The molecule has 1 saturated heterocycles. The van der Waals surface area contributed by atoms with Gasteiger partial charge in [0.15, 0.2) is 0 Å². The van der Waals surface area contributed by atoms with Crippen molar-refractivity contribution in [1.29, 1.82) is 0 Å². The normalized spacial score (nSPS) is 15.5. The van der Waals surface area contributed by atoms with E-state index in [9.17, 15) is 14.9 Å². The third kappa shape index (κ3) is 3.82. The zero-order valence-corrected chi connectivity index (χ0v) is 13.2. The first kappa shape index (κ1) is 16.4. The van der Waals surface area contributed by atoms with Crippen LogP contribution in [-0.2, 0) is 0 Å². The van der Waals surface area contributed by atoms with Crippen LogP contribution >= 0.6 is 0 Å². The summed E-state index contributed by atoms with van der Waals surface area (Å²) >= 11 is 0. The molecule has 6 nitrogen and oxygen atoms in total. The quantitative estimate of drug-likeness (QED) is 0.670. The van der Waals surface area contributed by atoms with Gasteiger partial charge in [-0.1, -0.05) is 6.92 Å². The number of rotatable bonds is 5. The van der Waals surface area contributed by atoms with Gasteiger partial charge in [0.25, 0.3) is 11.6 Å². The molecule has 6 heteroatoms. The summed E-state index contributed by atoms with van der Waals surface area (Å²) in [6.45, 7) is 6.32. The molecule has 1 amide bonds. The Morgan fingerprint density at radius 3 is 2.64 bits per heavy atom. The number of aryl methyl sites for hydroxylation is 1. The highest BCUT2D eigenvalue weighted by Crippen LogP contribution is 2.21. The van der Waals surface area contributed by atoms with Crippen molar-refractivity contribution < 1.29 is 9.72 Å². The summed E-state index contributed by atoms with van der Waals surface area (Å²) in [7, 11) is 0. The SMILES string of the molecule is CCCN(C(=O)c1cc(C)cc([N+](=O)[O-])c1)C1CCNCC1. The number of piperidine rings is 1. The number of carbonyl (C=O) groups is 1. The van der Waals surface area contributed by atoms with E-state index in [2.05, 4.69) is 5.32 Å². The van der Waals surface area contributed by atoms with Gasteiger partial charge in [0.1, 0.15) is 0 Å². The first-order valence-electron chi connectivity index (χ1n) is 7.80. The minimum Gasteiger partial charge on any atom is -0.336 e. The molecule has 1 heterocycles. The Morgan fingerprint density at radius 2 is 2.05 bits per heavy atom. The van der Waals surface area contributed by atoms with E-state index in [-0.39, 0.29) is 17.6 Å². The van der Waals surface area contributed by atoms with Crippen molar-refractivity contribution in [3.63, 3.8) is 0 Å². The molecule has 0 radical (unpaired) electrons. The second kappa shape index (κ2) is 7.35. The van der Waals surface area contributed by atoms with Crippen molar-refractivity contribution in [2.75, 3.05) is 19.6 Å². The maximum absolute atomic E-state index is 12.8. The summed E-state index contributed by atoms with van der Waals surface area (Å²) in [5, 5.41) is 14.3. The van der Waals surface area contributed by atoms with Gasteiger partial charge < -0.3 is 10.2 Å².